The van der Waals surface area contributed by atoms with Crippen LogP contribution in [0.3, 0.4) is 0 Å². The quantitative estimate of drug-likeness (QED) is 0.739. The van der Waals surface area contributed by atoms with Crippen molar-refractivity contribution < 1.29 is 4.74 Å². The minimum absolute atomic E-state index is 0.373. The van der Waals surface area contributed by atoms with Crippen molar-refractivity contribution in [3.8, 4) is 5.75 Å². The summed E-state index contributed by atoms with van der Waals surface area (Å²) in [5, 5.41) is 0. The van der Waals surface area contributed by atoms with Crippen LogP contribution < -0.4 is 10.5 Å². The molecule has 2 heterocycles. The topological polar surface area (TPSA) is 66.0 Å². The van der Waals surface area contributed by atoms with Crippen molar-refractivity contribution in [1.82, 2.24) is 14.5 Å². The van der Waals surface area contributed by atoms with Crippen LogP contribution in [0.25, 0.3) is 11.2 Å². The Kier molecular flexibility index (Phi) is 3.25. The summed E-state index contributed by atoms with van der Waals surface area (Å²) in [5.74, 6) is 1.53. The number of hydrogen-bond donors (Lipinski definition) is 1. The normalized spacial score (nSPS) is 10.8. The molecule has 20 heavy (non-hydrogen) atoms. The van der Waals surface area contributed by atoms with Gasteiger partial charge in [0.15, 0.2) is 5.65 Å². The number of fused-ring (bicyclic) bond motifs is 1. The summed E-state index contributed by atoms with van der Waals surface area (Å²) in [6.07, 6.45) is 1.77. The molecule has 0 aliphatic heterocycles. The number of ether oxygens (including phenoxy) is 1. The lowest BCUT2D eigenvalue weighted by Crippen LogP contribution is -2.07. The van der Waals surface area contributed by atoms with Gasteiger partial charge < -0.3 is 15.0 Å². The molecule has 0 unspecified atom stereocenters. The highest BCUT2D eigenvalue weighted by Crippen LogP contribution is 2.22. The van der Waals surface area contributed by atoms with Crippen LogP contribution in [0, 0.1) is 0 Å². The van der Waals surface area contributed by atoms with E-state index in [-0.39, 0.29) is 0 Å². The van der Waals surface area contributed by atoms with Gasteiger partial charge in [-0.2, -0.15) is 0 Å². The summed E-state index contributed by atoms with van der Waals surface area (Å²) in [7, 11) is 0. The zero-order valence-electron chi connectivity index (χ0n) is 11.3. The van der Waals surface area contributed by atoms with E-state index in [1.807, 2.05) is 36.4 Å². The fourth-order valence-corrected chi connectivity index (χ4v) is 2.20. The minimum atomic E-state index is 0.373. The highest BCUT2D eigenvalue weighted by atomic mass is 16.5. The van der Waals surface area contributed by atoms with Gasteiger partial charge in [0.25, 0.3) is 0 Å². The molecular formula is C15H16N4O. The standard InChI is InChI=1S/C15H16N4O/c1-2-19-14(18-12-7-5-9-17-15(12)19)10-20-13-8-4-3-6-11(13)16/h3-9H,2,10,16H2,1H3. The van der Waals surface area contributed by atoms with E-state index in [0.29, 0.717) is 18.0 Å². The molecule has 0 bridgehead atoms. The summed E-state index contributed by atoms with van der Waals surface area (Å²) >= 11 is 0. The molecule has 3 aromatic rings. The Morgan fingerprint density at radius 1 is 1.20 bits per heavy atom. The van der Waals surface area contributed by atoms with Gasteiger partial charge in [0.1, 0.15) is 23.7 Å². The Bertz CT molecular complexity index is 736. The first-order chi connectivity index (χ1) is 9.79. The van der Waals surface area contributed by atoms with E-state index in [1.54, 1.807) is 6.20 Å². The van der Waals surface area contributed by atoms with Gasteiger partial charge in [0.2, 0.25) is 0 Å². The van der Waals surface area contributed by atoms with Crippen molar-refractivity contribution in [1.29, 1.82) is 0 Å². The summed E-state index contributed by atoms with van der Waals surface area (Å²) in [6.45, 7) is 3.24. The molecule has 102 valence electrons. The second kappa shape index (κ2) is 5.21. The average Bonchev–Trinajstić information content (AvgIpc) is 2.84. The van der Waals surface area contributed by atoms with Gasteiger partial charge in [-0.05, 0) is 31.2 Å². The number of pyridine rings is 1. The molecule has 0 amide bonds. The molecule has 0 spiro atoms. The van der Waals surface area contributed by atoms with E-state index in [0.717, 1.165) is 23.5 Å². The number of para-hydroxylation sites is 2. The molecule has 5 nitrogen and oxygen atoms in total. The smallest absolute Gasteiger partial charge is 0.160 e. The zero-order valence-corrected chi connectivity index (χ0v) is 11.3. The lowest BCUT2D eigenvalue weighted by Gasteiger charge is -2.09. The number of imidazole rings is 1. The van der Waals surface area contributed by atoms with Crippen molar-refractivity contribution in [3.63, 3.8) is 0 Å². The molecule has 0 fully saturated rings. The molecule has 0 saturated carbocycles. The maximum atomic E-state index is 5.87. The molecule has 0 atom stereocenters. The number of hydrogen-bond acceptors (Lipinski definition) is 4. The van der Waals surface area contributed by atoms with E-state index in [4.69, 9.17) is 10.5 Å². The summed E-state index contributed by atoms with van der Waals surface area (Å²) in [6, 6.07) is 11.3. The number of benzene rings is 1. The number of anilines is 1. The van der Waals surface area contributed by atoms with Crippen molar-refractivity contribution in [2.24, 2.45) is 0 Å². The number of nitrogens with zero attached hydrogens (tertiary/aromatic N) is 3. The molecule has 0 saturated heterocycles. The molecule has 0 aliphatic rings. The van der Waals surface area contributed by atoms with Gasteiger partial charge >= 0.3 is 0 Å². The van der Waals surface area contributed by atoms with Crippen LogP contribution in [0.4, 0.5) is 5.69 Å². The van der Waals surface area contributed by atoms with Gasteiger partial charge in [-0.25, -0.2) is 9.97 Å². The maximum absolute atomic E-state index is 5.87. The van der Waals surface area contributed by atoms with E-state index < -0.39 is 0 Å². The molecule has 1 aromatic carbocycles. The van der Waals surface area contributed by atoms with E-state index in [1.165, 1.54) is 0 Å². The Morgan fingerprint density at radius 2 is 2.05 bits per heavy atom. The van der Waals surface area contributed by atoms with Crippen LogP contribution in [0.15, 0.2) is 42.6 Å². The Labute approximate surface area is 117 Å². The van der Waals surface area contributed by atoms with Crippen LogP contribution in [-0.2, 0) is 13.2 Å². The third kappa shape index (κ3) is 2.18. The first-order valence-corrected chi connectivity index (χ1v) is 6.57. The Balaban J connectivity index is 1.89. The SMILES string of the molecule is CCn1c(COc2ccccc2N)nc2cccnc21. The third-order valence-corrected chi connectivity index (χ3v) is 3.17. The van der Waals surface area contributed by atoms with Crippen molar-refractivity contribution in [2.45, 2.75) is 20.1 Å². The second-order valence-electron chi connectivity index (χ2n) is 4.44. The minimum Gasteiger partial charge on any atom is -0.484 e. The lowest BCUT2D eigenvalue weighted by atomic mass is 10.3. The molecular weight excluding hydrogens is 252 g/mol. The molecule has 0 radical (unpaired) electrons. The van der Waals surface area contributed by atoms with Gasteiger partial charge in [0, 0.05) is 12.7 Å². The van der Waals surface area contributed by atoms with Gasteiger partial charge in [-0.1, -0.05) is 12.1 Å². The number of rotatable bonds is 4. The fourth-order valence-electron chi connectivity index (χ4n) is 2.20. The molecule has 2 aromatic heterocycles. The average molecular weight is 268 g/mol. The molecule has 5 heteroatoms. The van der Waals surface area contributed by atoms with E-state index >= 15 is 0 Å². The van der Waals surface area contributed by atoms with Crippen molar-refractivity contribution >= 4 is 16.9 Å². The van der Waals surface area contributed by atoms with Crippen LogP contribution >= 0.6 is 0 Å². The molecule has 0 aliphatic carbocycles. The molecule has 3 rings (SSSR count). The predicted octanol–water partition coefficient (Wildman–Crippen LogP) is 2.61. The maximum Gasteiger partial charge on any atom is 0.160 e. The van der Waals surface area contributed by atoms with Crippen molar-refractivity contribution in [2.75, 3.05) is 5.73 Å². The number of aryl methyl sites for hydroxylation is 1. The Morgan fingerprint density at radius 3 is 2.85 bits per heavy atom. The number of aromatic nitrogens is 3. The fraction of sp³-hybridized carbons (Fsp3) is 0.200. The summed E-state index contributed by atoms with van der Waals surface area (Å²) in [5.41, 5.74) is 8.26. The predicted molar refractivity (Wildman–Crippen MR) is 78.4 cm³/mol. The second-order valence-corrected chi connectivity index (χ2v) is 4.44. The number of nitrogens with two attached hydrogens (primary N) is 1. The first kappa shape index (κ1) is 12.5. The van der Waals surface area contributed by atoms with Crippen LogP contribution in [0.5, 0.6) is 5.75 Å². The number of nitrogen functional groups attached to an aromatic ring is 1. The Hall–Kier alpha value is -2.56. The highest BCUT2D eigenvalue weighted by Gasteiger charge is 2.11. The molecule has 2 N–H and O–H groups in total. The van der Waals surface area contributed by atoms with Crippen LogP contribution in [0.2, 0.25) is 0 Å². The van der Waals surface area contributed by atoms with Crippen LogP contribution in [0.1, 0.15) is 12.7 Å². The van der Waals surface area contributed by atoms with Gasteiger partial charge in [-0.3, -0.25) is 0 Å². The van der Waals surface area contributed by atoms with E-state index in [2.05, 4.69) is 21.5 Å². The summed E-state index contributed by atoms with van der Waals surface area (Å²) < 4.78 is 7.81. The lowest BCUT2D eigenvalue weighted by molar-refractivity contribution is 0.292. The summed E-state index contributed by atoms with van der Waals surface area (Å²) in [4.78, 5) is 8.93. The first-order valence-electron chi connectivity index (χ1n) is 6.57. The van der Waals surface area contributed by atoms with Gasteiger partial charge in [0.05, 0.1) is 5.69 Å². The van der Waals surface area contributed by atoms with Gasteiger partial charge in [-0.15, -0.1) is 0 Å². The van der Waals surface area contributed by atoms with Crippen molar-refractivity contribution in [3.05, 3.63) is 48.4 Å². The highest BCUT2D eigenvalue weighted by molar-refractivity contribution is 5.71. The zero-order chi connectivity index (χ0) is 13.9. The van der Waals surface area contributed by atoms with E-state index in [9.17, 15) is 0 Å². The third-order valence-electron chi connectivity index (χ3n) is 3.17. The largest absolute Gasteiger partial charge is 0.484 e. The monoisotopic (exact) mass is 268 g/mol. The van der Waals surface area contributed by atoms with Crippen LogP contribution in [-0.4, -0.2) is 14.5 Å².